The number of rotatable bonds is 4. The van der Waals surface area contributed by atoms with E-state index in [2.05, 4.69) is 13.8 Å². The second kappa shape index (κ2) is 3.71. The van der Waals surface area contributed by atoms with Gasteiger partial charge in [-0.05, 0) is 41.8 Å². The lowest BCUT2D eigenvalue weighted by Gasteiger charge is -2.66. The summed E-state index contributed by atoms with van der Waals surface area (Å²) in [6.07, 6.45) is 5.78. The molecular formula is C12H22OS. The molecule has 3 rings (SSSR count). The monoisotopic (exact) mass is 214 g/mol. The molecule has 0 heterocycles. The van der Waals surface area contributed by atoms with Crippen LogP contribution in [0.5, 0.6) is 0 Å². The molecule has 2 atom stereocenters. The van der Waals surface area contributed by atoms with Gasteiger partial charge in [-0.15, -0.1) is 0 Å². The van der Waals surface area contributed by atoms with E-state index in [1.807, 2.05) is 11.8 Å². The van der Waals surface area contributed by atoms with Crippen molar-refractivity contribution >= 4 is 11.8 Å². The topological polar surface area (TPSA) is 20.2 Å². The molecule has 1 N–H and O–H groups in total. The molecule has 82 valence electrons. The van der Waals surface area contributed by atoms with E-state index in [0.29, 0.717) is 17.4 Å². The van der Waals surface area contributed by atoms with E-state index in [9.17, 15) is 0 Å². The fourth-order valence-electron chi connectivity index (χ4n) is 3.51. The Hall–Kier alpha value is 0.310. The largest absolute Gasteiger partial charge is 0.396 e. The lowest BCUT2D eigenvalue weighted by molar-refractivity contribution is -0.143. The van der Waals surface area contributed by atoms with Gasteiger partial charge in [-0.2, -0.15) is 11.8 Å². The van der Waals surface area contributed by atoms with E-state index < -0.39 is 0 Å². The number of aliphatic hydroxyl groups excluding tert-OH is 1. The smallest absolute Gasteiger partial charge is 0.0521 e. The van der Waals surface area contributed by atoms with Gasteiger partial charge >= 0.3 is 0 Å². The van der Waals surface area contributed by atoms with Gasteiger partial charge in [0.1, 0.15) is 0 Å². The summed E-state index contributed by atoms with van der Waals surface area (Å²) in [5, 5.41) is 8.80. The Balaban J connectivity index is 1.94. The van der Waals surface area contributed by atoms with E-state index in [0.717, 1.165) is 11.7 Å². The molecule has 2 unspecified atom stereocenters. The van der Waals surface area contributed by atoms with Crippen LogP contribution in [0.4, 0.5) is 0 Å². The molecule has 14 heavy (non-hydrogen) atoms. The first-order valence-corrected chi connectivity index (χ1v) is 6.96. The van der Waals surface area contributed by atoms with Crippen LogP contribution >= 0.6 is 11.8 Å². The lowest BCUT2D eigenvalue weighted by Crippen LogP contribution is -2.59. The number of fused-ring (bicyclic) bond motifs is 2. The minimum absolute atomic E-state index is 0.338. The Morgan fingerprint density at radius 3 is 2.79 bits per heavy atom. The highest BCUT2D eigenvalue weighted by molar-refractivity contribution is 7.99. The molecule has 0 radical (unpaired) electrons. The predicted octanol–water partition coefficient (Wildman–Crippen LogP) is 2.93. The zero-order valence-corrected chi connectivity index (χ0v) is 10.2. The van der Waals surface area contributed by atoms with Crippen LogP contribution in [0.25, 0.3) is 0 Å². The molecule has 0 aromatic carbocycles. The number of hydrogen-bond donors (Lipinski definition) is 1. The van der Waals surface area contributed by atoms with Crippen molar-refractivity contribution in [3.8, 4) is 0 Å². The van der Waals surface area contributed by atoms with Crippen molar-refractivity contribution in [2.75, 3.05) is 18.1 Å². The number of hydrogen-bond acceptors (Lipinski definition) is 2. The standard InChI is InChI=1S/C12H22OS/c1-11(2)10-4-3-5-12(11,8-10)9-14-7-6-13/h10,13H,3-9H2,1-2H3. The maximum atomic E-state index is 8.80. The third-order valence-electron chi connectivity index (χ3n) is 4.85. The molecule has 0 aromatic heterocycles. The van der Waals surface area contributed by atoms with E-state index in [-0.39, 0.29) is 0 Å². The molecule has 0 aliphatic heterocycles. The summed E-state index contributed by atoms with van der Waals surface area (Å²) >= 11 is 1.95. The molecule has 2 bridgehead atoms. The van der Waals surface area contributed by atoms with Crippen LogP contribution in [0, 0.1) is 16.7 Å². The van der Waals surface area contributed by atoms with E-state index in [1.165, 1.54) is 31.4 Å². The Bertz CT molecular complexity index is 210. The SMILES string of the molecule is CC1(C)C2CCCC1(CSCCO)C2. The van der Waals surface area contributed by atoms with Gasteiger partial charge in [-0.25, -0.2) is 0 Å². The van der Waals surface area contributed by atoms with Gasteiger partial charge in [0.25, 0.3) is 0 Å². The van der Waals surface area contributed by atoms with Crippen molar-refractivity contribution in [3.63, 3.8) is 0 Å². The van der Waals surface area contributed by atoms with Crippen molar-refractivity contribution in [2.24, 2.45) is 16.7 Å². The first kappa shape index (κ1) is 10.8. The molecule has 3 aliphatic carbocycles. The summed E-state index contributed by atoms with van der Waals surface area (Å²) in [7, 11) is 0. The Morgan fingerprint density at radius 1 is 1.43 bits per heavy atom. The van der Waals surface area contributed by atoms with E-state index in [1.54, 1.807) is 0 Å². The zero-order chi connectivity index (χ0) is 10.2. The quantitative estimate of drug-likeness (QED) is 0.726. The molecule has 0 spiro atoms. The van der Waals surface area contributed by atoms with Crippen molar-refractivity contribution < 1.29 is 5.11 Å². The predicted molar refractivity (Wildman–Crippen MR) is 62.6 cm³/mol. The van der Waals surface area contributed by atoms with Gasteiger partial charge < -0.3 is 5.11 Å². The Labute approximate surface area is 91.7 Å². The molecule has 1 nitrogen and oxygen atoms in total. The highest BCUT2D eigenvalue weighted by atomic mass is 32.2. The molecule has 2 heteroatoms. The van der Waals surface area contributed by atoms with Gasteiger partial charge in [0, 0.05) is 5.75 Å². The molecule has 3 saturated carbocycles. The summed E-state index contributed by atoms with van der Waals surface area (Å²) in [6, 6.07) is 0. The highest BCUT2D eigenvalue weighted by Crippen LogP contribution is 2.68. The minimum atomic E-state index is 0.338. The Morgan fingerprint density at radius 2 is 2.21 bits per heavy atom. The van der Waals surface area contributed by atoms with Gasteiger partial charge in [-0.3, -0.25) is 0 Å². The summed E-state index contributed by atoms with van der Waals surface area (Å²) in [5.41, 5.74) is 1.20. The Kier molecular flexibility index (Phi) is 2.87. The fourth-order valence-corrected chi connectivity index (χ4v) is 4.81. The second-order valence-corrected chi connectivity index (χ2v) is 6.68. The first-order valence-electron chi connectivity index (χ1n) is 5.81. The van der Waals surface area contributed by atoms with Crippen LogP contribution in [0.2, 0.25) is 0 Å². The number of aliphatic hydroxyl groups is 1. The van der Waals surface area contributed by atoms with Crippen LogP contribution in [-0.2, 0) is 0 Å². The molecule has 3 fully saturated rings. The highest BCUT2D eigenvalue weighted by Gasteiger charge is 2.60. The maximum absolute atomic E-state index is 8.80. The first-order chi connectivity index (χ1) is 6.62. The van der Waals surface area contributed by atoms with Crippen LogP contribution in [0.3, 0.4) is 0 Å². The van der Waals surface area contributed by atoms with Crippen molar-refractivity contribution in [3.05, 3.63) is 0 Å². The molecule has 0 saturated heterocycles. The van der Waals surface area contributed by atoms with Gasteiger partial charge in [0.15, 0.2) is 0 Å². The summed E-state index contributed by atoms with van der Waals surface area (Å²) in [5.74, 6) is 3.19. The summed E-state index contributed by atoms with van der Waals surface area (Å²) < 4.78 is 0. The van der Waals surface area contributed by atoms with Gasteiger partial charge in [0.2, 0.25) is 0 Å². The molecule has 0 aromatic rings. The van der Waals surface area contributed by atoms with Crippen molar-refractivity contribution in [1.82, 2.24) is 0 Å². The average Bonchev–Trinajstić information content (AvgIpc) is 2.18. The normalized spacial score (nSPS) is 39.2. The summed E-state index contributed by atoms with van der Waals surface area (Å²) in [6.45, 7) is 5.25. The lowest BCUT2D eigenvalue weighted by atomic mass is 9.40. The number of thioether (sulfide) groups is 1. The average molecular weight is 214 g/mol. The summed E-state index contributed by atoms with van der Waals surface area (Å²) in [4.78, 5) is 0. The second-order valence-electron chi connectivity index (χ2n) is 5.57. The fraction of sp³-hybridized carbons (Fsp3) is 1.00. The third-order valence-corrected chi connectivity index (χ3v) is 6.07. The minimum Gasteiger partial charge on any atom is -0.396 e. The van der Waals surface area contributed by atoms with E-state index >= 15 is 0 Å². The van der Waals surface area contributed by atoms with Crippen LogP contribution in [-0.4, -0.2) is 23.2 Å². The van der Waals surface area contributed by atoms with Crippen LogP contribution in [0.15, 0.2) is 0 Å². The molecular weight excluding hydrogens is 192 g/mol. The van der Waals surface area contributed by atoms with Gasteiger partial charge in [-0.1, -0.05) is 20.3 Å². The third kappa shape index (κ3) is 1.42. The molecule has 0 amide bonds. The van der Waals surface area contributed by atoms with Crippen LogP contribution < -0.4 is 0 Å². The van der Waals surface area contributed by atoms with Gasteiger partial charge in [0.05, 0.1) is 6.61 Å². The van der Waals surface area contributed by atoms with E-state index in [4.69, 9.17) is 5.11 Å². The molecule has 3 aliphatic rings. The van der Waals surface area contributed by atoms with Crippen LogP contribution in [0.1, 0.15) is 39.5 Å². The zero-order valence-electron chi connectivity index (χ0n) is 9.38. The van der Waals surface area contributed by atoms with Crippen molar-refractivity contribution in [2.45, 2.75) is 39.5 Å². The maximum Gasteiger partial charge on any atom is 0.0521 e. The van der Waals surface area contributed by atoms with Crippen molar-refractivity contribution in [1.29, 1.82) is 0 Å².